The van der Waals surface area contributed by atoms with Crippen LogP contribution in [0.5, 0.6) is 17.2 Å². The minimum atomic E-state index is -4.09. The maximum absolute atomic E-state index is 13.8. The Morgan fingerprint density at radius 3 is 2.27 bits per heavy atom. The van der Waals surface area contributed by atoms with Crippen molar-refractivity contribution in [2.45, 2.75) is 29.7 Å². The van der Waals surface area contributed by atoms with Crippen molar-refractivity contribution in [3.63, 3.8) is 0 Å². The number of carbonyl (C=O) groups is 1. The Kier molecular flexibility index (Phi) is 9.71. The summed E-state index contributed by atoms with van der Waals surface area (Å²) in [6, 6.07) is 18.3. The van der Waals surface area contributed by atoms with Gasteiger partial charge in [-0.1, -0.05) is 18.2 Å². The maximum atomic E-state index is 13.8. The van der Waals surface area contributed by atoms with Crippen molar-refractivity contribution < 1.29 is 27.4 Å². The number of sulfonamides is 1. The SMILES string of the molecule is CCOc1ccccc1N(CC(=O)NC(C)c1ccc(OC)c(OC)c1)S(=O)(=O)c1ccc(SC)cc1. The third kappa shape index (κ3) is 6.69. The van der Waals surface area contributed by atoms with Crippen molar-refractivity contribution in [1.82, 2.24) is 5.32 Å². The summed E-state index contributed by atoms with van der Waals surface area (Å²) >= 11 is 1.51. The Labute approximate surface area is 223 Å². The molecular formula is C27H32N2O6S2. The van der Waals surface area contributed by atoms with Crippen LogP contribution in [0.1, 0.15) is 25.5 Å². The van der Waals surface area contributed by atoms with Crippen LogP contribution in [-0.4, -0.2) is 48.0 Å². The summed E-state index contributed by atoms with van der Waals surface area (Å²) in [5.74, 6) is 1.000. The fourth-order valence-corrected chi connectivity index (χ4v) is 5.58. The molecule has 0 bridgehead atoms. The van der Waals surface area contributed by atoms with Crippen molar-refractivity contribution in [1.29, 1.82) is 0 Å². The number of methoxy groups -OCH3 is 2. The molecule has 0 saturated heterocycles. The molecule has 1 amide bonds. The van der Waals surface area contributed by atoms with Crippen molar-refractivity contribution >= 4 is 33.4 Å². The summed E-state index contributed by atoms with van der Waals surface area (Å²) in [6.07, 6.45) is 1.91. The molecular weight excluding hydrogens is 512 g/mol. The highest BCUT2D eigenvalue weighted by atomic mass is 32.2. The van der Waals surface area contributed by atoms with Gasteiger partial charge in [-0.05, 0) is 74.2 Å². The molecule has 0 aliphatic heterocycles. The fraction of sp³-hybridized carbons (Fsp3) is 0.296. The van der Waals surface area contributed by atoms with Gasteiger partial charge in [-0.2, -0.15) is 0 Å². The standard InChI is InChI=1S/C27H32N2O6S2/c1-6-35-24-10-8-7-9-23(24)29(37(31,32)22-14-12-21(36-5)13-15-22)18-27(30)28-19(2)20-11-16-25(33-3)26(17-20)34-4/h7-17,19H,6,18H2,1-5H3,(H,28,30). The molecule has 0 aromatic heterocycles. The number of nitrogens with one attached hydrogen (secondary N) is 1. The van der Waals surface area contributed by atoms with Gasteiger partial charge in [0.15, 0.2) is 11.5 Å². The Morgan fingerprint density at radius 1 is 0.973 bits per heavy atom. The average molecular weight is 545 g/mol. The number of para-hydroxylation sites is 2. The molecule has 3 rings (SSSR count). The maximum Gasteiger partial charge on any atom is 0.264 e. The van der Waals surface area contributed by atoms with Crippen LogP contribution in [-0.2, 0) is 14.8 Å². The zero-order valence-corrected chi connectivity index (χ0v) is 23.2. The lowest BCUT2D eigenvalue weighted by atomic mass is 10.1. The number of amides is 1. The molecule has 3 aromatic carbocycles. The van der Waals surface area contributed by atoms with Gasteiger partial charge in [0.1, 0.15) is 12.3 Å². The topological polar surface area (TPSA) is 94.2 Å². The van der Waals surface area contributed by atoms with Gasteiger partial charge < -0.3 is 19.5 Å². The Balaban J connectivity index is 1.93. The molecule has 37 heavy (non-hydrogen) atoms. The predicted octanol–water partition coefficient (Wildman–Crippen LogP) is 4.90. The Bertz CT molecular complexity index is 1310. The van der Waals surface area contributed by atoms with E-state index in [1.165, 1.54) is 18.9 Å². The van der Waals surface area contributed by atoms with Crippen LogP contribution < -0.4 is 23.8 Å². The molecule has 0 radical (unpaired) electrons. The molecule has 1 atom stereocenters. The van der Waals surface area contributed by atoms with Crippen LogP contribution in [0.3, 0.4) is 0 Å². The molecule has 1 unspecified atom stereocenters. The summed E-state index contributed by atoms with van der Waals surface area (Å²) in [4.78, 5) is 14.2. The highest BCUT2D eigenvalue weighted by molar-refractivity contribution is 7.98. The largest absolute Gasteiger partial charge is 0.493 e. The lowest BCUT2D eigenvalue weighted by molar-refractivity contribution is -0.120. The van der Waals surface area contributed by atoms with E-state index in [1.54, 1.807) is 67.8 Å². The molecule has 0 saturated carbocycles. The molecule has 0 fully saturated rings. The highest BCUT2D eigenvalue weighted by Gasteiger charge is 2.30. The molecule has 198 valence electrons. The number of hydrogen-bond acceptors (Lipinski definition) is 7. The normalized spacial score (nSPS) is 11.9. The van der Waals surface area contributed by atoms with Gasteiger partial charge in [0, 0.05) is 4.90 Å². The van der Waals surface area contributed by atoms with E-state index in [0.717, 1.165) is 14.8 Å². The van der Waals surface area contributed by atoms with Gasteiger partial charge in [0.25, 0.3) is 10.0 Å². The average Bonchev–Trinajstić information content (AvgIpc) is 2.91. The fourth-order valence-electron chi connectivity index (χ4n) is 3.74. The van der Waals surface area contributed by atoms with Crippen LogP contribution in [0.2, 0.25) is 0 Å². The molecule has 3 aromatic rings. The summed E-state index contributed by atoms with van der Waals surface area (Å²) in [7, 11) is -1.00. The first kappa shape index (κ1) is 28.2. The van der Waals surface area contributed by atoms with E-state index in [9.17, 15) is 13.2 Å². The van der Waals surface area contributed by atoms with E-state index in [-0.39, 0.29) is 10.6 Å². The second-order valence-electron chi connectivity index (χ2n) is 7.99. The van der Waals surface area contributed by atoms with E-state index in [2.05, 4.69) is 5.32 Å². The second kappa shape index (κ2) is 12.7. The van der Waals surface area contributed by atoms with E-state index in [1.807, 2.05) is 26.2 Å². The number of carbonyl (C=O) groups excluding carboxylic acids is 1. The number of thioether (sulfide) groups is 1. The number of rotatable bonds is 12. The molecule has 0 heterocycles. The van der Waals surface area contributed by atoms with Gasteiger partial charge in [-0.25, -0.2) is 8.42 Å². The smallest absolute Gasteiger partial charge is 0.264 e. The monoisotopic (exact) mass is 544 g/mol. The summed E-state index contributed by atoms with van der Waals surface area (Å²) in [6.45, 7) is 3.53. The predicted molar refractivity (Wildman–Crippen MR) is 146 cm³/mol. The number of ether oxygens (including phenoxy) is 3. The van der Waals surface area contributed by atoms with Gasteiger partial charge in [-0.15, -0.1) is 11.8 Å². The molecule has 8 nitrogen and oxygen atoms in total. The first-order valence-electron chi connectivity index (χ1n) is 11.6. The molecule has 1 N–H and O–H groups in total. The molecule has 0 spiro atoms. The van der Waals surface area contributed by atoms with E-state index in [4.69, 9.17) is 14.2 Å². The minimum absolute atomic E-state index is 0.0809. The number of benzene rings is 3. The number of anilines is 1. The Hall–Kier alpha value is -3.37. The van der Waals surface area contributed by atoms with E-state index in [0.29, 0.717) is 23.9 Å². The molecule has 0 aliphatic rings. The first-order valence-corrected chi connectivity index (χ1v) is 14.3. The lowest BCUT2D eigenvalue weighted by Gasteiger charge is -2.27. The number of nitrogens with zero attached hydrogens (tertiary/aromatic N) is 1. The van der Waals surface area contributed by atoms with Gasteiger partial charge >= 0.3 is 0 Å². The second-order valence-corrected chi connectivity index (χ2v) is 10.7. The highest BCUT2D eigenvalue weighted by Crippen LogP contribution is 2.33. The van der Waals surface area contributed by atoms with Crippen molar-refractivity contribution in [2.24, 2.45) is 0 Å². The van der Waals surface area contributed by atoms with Crippen LogP contribution in [0.4, 0.5) is 5.69 Å². The summed E-state index contributed by atoms with van der Waals surface area (Å²) in [5.41, 5.74) is 1.06. The zero-order valence-electron chi connectivity index (χ0n) is 21.6. The zero-order chi connectivity index (χ0) is 27.0. The summed E-state index contributed by atoms with van der Waals surface area (Å²) < 4.78 is 45.0. The molecule has 10 heteroatoms. The summed E-state index contributed by atoms with van der Waals surface area (Å²) in [5, 5.41) is 2.89. The first-order chi connectivity index (χ1) is 17.7. The van der Waals surface area contributed by atoms with E-state index >= 15 is 0 Å². The molecule has 0 aliphatic carbocycles. The number of hydrogen-bond donors (Lipinski definition) is 1. The van der Waals surface area contributed by atoms with Crippen LogP contribution in [0.25, 0.3) is 0 Å². The quantitative estimate of drug-likeness (QED) is 0.324. The van der Waals surface area contributed by atoms with Crippen LogP contribution in [0, 0.1) is 0 Å². The van der Waals surface area contributed by atoms with Crippen molar-refractivity contribution in [3.05, 3.63) is 72.3 Å². The van der Waals surface area contributed by atoms with Crippen molar-refractivity contribution in [2.75, 3.05) is 37.9 Å². The minimum Gasteiger partial charge on any atom is -0.493 e. The van der Waals surface area contributed by atoms with Crippen molar-refractivity contribution in [3.8, 4) is 17.2 Å². The van der Waals surface area contributed by atoms with Gasteiger partial charge in [-0.3, -0.25) is 9.10 Å². The van der Waals surface area contributed by atoms with Gasteiger partial charge in [0.05, 0.1) is 37.5 Å². The third-order valence-corrected chi connectivity index (χ3v) is 8.17. The third-order valence-electron chi connectivity index (χ3n) is 5.65. The van der Waals surface area contributed by atoms with Gasteiger partial charge in [0.2, 0.25) is 5.91 Å². The van der Waals surface area contributed by atoms with Crippen LogP contribution in [0.15, 0.2) is 76.5 Å². The lowest BCUT2D eigenvalue weighted by Crippen LogP contribution is -2.41. The van der Waals surface area contributed by atoms with Crippen LogP contribution >= 0.6 is 11.8 Å². The van der Waals surface area contributed by atoms with E-state index < -0.39 is 28.5 Å². The Morgan fingerprint density at radius 2 is 1.65 bits per heavy atom.